The molecule has 0 aromatic carbocycles. The van der Waals surface area contributed by atoms with Gasteiger partial charge >= 0.3 is 0 Å². The summed E-state index contributed by atoms with van der Waals surface area (Å²) in [6.45, 7) is 2.88. The van der Waals surface area contributed by atoms with Crippen molar-refractivity contribution >= 4 is 5.78 Å². The largest absolute Gasteiger partial charge is 0.314 e. The smallest absolute Gasteiger partial charge is 0.209 e. The Bertz CT molecular complexity index is 184. The zero-order valence-corrected chi connectivity index (χ0v) is 6.76. The van der Waals surface area contributed by atoms with Crippen molar-refractivity contribution in [3.8, 4) is 12.3 Å². The lowest BCUT2D eigenvalue weighted by Gasteiger charge is -2.24. The van der Waals surface area contributed by atoms with Crippen LogP contribution in [0.25, 0.3) is 0 Å². The van der Waals surface area contributed by atoms with Gasteiger partial charge in [0.2, 0.25) is 5.78 Å². The van der Waals surface area contributed by atoms with Crippen LogP contribution in [0, 0.1) is 18.3 Å². The van der Waals surface area contributed by atoms with E-state index in [1.54, 1.807) is 0 Å². The highest BCUT2D eigenvalue weighted by Gasteiger charge is 2.21. The lowest BCUT2D eigenvalue weighted by atomic mass is 9.92. The summed E-state index contributed by atoms with van der Waals surface area (Å²) in [5.41, 5.74) is 0. The zero-order chi connectivity index (χ0) is 8.27. The Kier molecular flexibility index (Phi) is 2.67. The summed E-state index contributed by atoms with van der Waals surface area (Å²) in [7, 11) is 0. The molecule has 0 bridgehead atoms. The first-order valence-corrected chi connectivity index (χ1v) is 3.98. The van der Waals surface area contributed by atoms with Gasteiger partial charge in [0.15, 0.2) is 0 Å². The van der Waals surface area contributed by atoms with Crippen molar-refractivity contribution in [2.24, 2.45) is 5.92 Å². The number of ketones is 1. The maximum absolute atomic E-state index is 11.0. The van der Waals surface area contributed by atoms with Crippen molar-refractivity contribution in [2.75, 3.05) is 6.54 Å². The van der Waals surface area contributed by atoms with Crippen LogP contribution in [0.4, 0.5) is 0 Å². The minimum absolute atomic E-state index is 0.0515. The van der Waals surface area contributed by atoms with E-state index in [1.807, 2.05) is 0 Å². The lowest BCUT2D eigenvalue weighted by molar-refractivity contribution is -0.117. The van der Waals surface area contributed by atoms with Gasteiger partial charge in [-0.25, -0.2) is 0 Å². The zero-order valence-electron chi connectivity index (χ0n) is 6.76. The molecule has 2 heteroatoms. The molecule has 0 spiro atoms. The fraction of sp³-hybridized carbons (Fsp3) is 0.667. The second-order valence-electron chi connectivity index (χ2n) is 3.09. The highest BCUT2D eigenvalue weighted by Crippen LogP contribution is 2.14. The first kappa shape index (κ1) is 8.29. The molecule has 2 atom stereocenters. The molecule has 0 saturated carbocycles. The van der Waals surface area contributed by atoms with Gasteiger partial charge in [0, 0.05) is 18.5 Å². The molecule has 0 radical (unpaired) electrons. The van der Waals surface area contributed by atoms with Crippen LogP contribution in [0.5, 0.6) is 0 Å². The number of hydrogen-bond donors (Lipinski definition) is 1. The standard InChI is InChI=1S/C9H13NO/c1-3-9(11)8-5-4-7(2)10-6-8/h1,7-8,10H,4-6H2,2H3. The number of Topliss-reactive ketones (excluding diaryl/α,β-unsaturated/α-hetero) is 1. The Labute approximate surface area is 67.4 Å². The number of nitrogens with one attached hydrogen (secondary N) is 1. The molecule has 1 heterocycles. The Morgan fingerprint density at radius 1 is 1.64 bits per heavy atom. The van der Waals surface area contributed by atoms with Crippen molar-refractivity contribution in [1.82, 2.24) is 5.32 Å². The van der Waals surface area contributed by atoms with E-state index in [9.17, 15) is 4.79 Å². The molecule has 1 saturated heterocycles. The topological polar surface area (TPSA) is 29.1 Å². The third-order valence-electron chi connectivity index (χ3n) is 2.17. The number of carbonyl (C=O) groups is 1. The number of piperidine rings is 1. The number of terminal acetylenes is 1. The molecule has 2 nitrogen and oxygen atoms in total. The second kappa shape index (κ2) is 3.54. The molecule has 1 aliphatic rings. The summed E-state index contributed by atoms with van der Waals surface area (Å²) >= 11 is 0. The Morgan fingerprint density at radius 3 is 2.82 bits per heavy atom. The predicted molar refractivity (Wildman–Crippen MR) is 44.0 cm³/mol. The monoisotopic (exact) mass is 151 g/mol. The molecule has 0 aromatic rings. The molecule has 0 aliphatic carbocycles. The molecular weight excluding hydrogens is 138 g/mol. The van der Waals surface area contributed by atoms with E-state index in [0.29, 0.717) is 6.04 Å². The average Bonchev–Trinajstić information content (AvgIpc) is 2.05. The van der Waals surface area contributed by atoms with Gasteiger partial charge in [-0.1, -0.05) is 0 Å². The molecule has 0 amide bonds. The summed E-state index contributed by atoms with van der Waals surface area (Å²) in [4.78, 5) is 11.0. The molecule has 0 aromatic heterocycles. The summed E-state index contributed by atoms with van der Waals surface area (Å²) in [5, 5.41) is 3.23. The van der Waals surface area contributed by atoms with E-state index in [2.05, 4.69) is 18.2 Å². The number of carbonyl (C=O) groups excluding carboxylic acids is 1. The van der Waals surface area contributed by atoms with Crippen LogP contribution in [0.3, 0.4) is 0 Å². The van der Waals surface area contributed by atoms with Gasteiger partial charge in [-0.05, 0) is 25.7 Å². The maximum Gasteiger partial charge on any atom is 0.209 e. The van der Waals surface area contributed by atoms with E-state index in [0.717, 1.165) is 19.4 Å². The number of rotatable bonds is 1. The van der Waals surface area contributed by atoms with Crippen molar-refractivity contribution in [2.45, 2.75) is 25.8 Å². The van der Waals surface area contributed by atoms with Crippen molar-refractivity contribution < 1.29 is 4.79 Å². The van der Waals surface area contributed by atoms with Crippen LogP contribution in [-0.2, 0) is 4.79 Å². The van der Waals surface area contributed by atoms with E-state index < -0.39 is 0 Å². The average molecular weight is 151 g/mol. The molecule has 1 rings (SSSR count). The fourth-order valence-electron chi connectivity index (χ4n) is 1.34. The Hall–Kier alpha value is -0.810. The molecular formula is C9H13NO. The van der Waals surface area contributed by atoms with Crippen molar-refractivity contribution in [3.05, 3.63) is 0 Å². The highest BCUT2D eigenvalue weighted by molar-refractivity contribution is 5.96. The molecule has 11 heavy (non-hydrogen) atoms. The van der Waals surface area contributed by atoms with Gasteiger partial charge in [0.05, 0.1) is 0 Å². The molecule has 1 aliphatic heterocycles. The third kappa shape index (κ3) is 2.06. The minimum Gasteiger partial charge on any atom is -0.314 e. The lowest BCUT2D eigenvalue weighted by Crippen LogP contribution is -2.39. The SMILES string of the molecule is C#CC(=O)C1CCC(C)NC1. The third-order valence-corrected chi connectivity index (χ3v) is 2.17. The van der Waals surface area contributed by atoms with E-state index in [4.69, 9.17) is 6.42 Å². The van der Waals surface area contributed by atoms with Crippen LogP contribution in [0.2, 0.25) is 0 Å². The summed E-state index contributed by atoms with van der Waals surface area (Å²) in [5.74, 6) is 2.19. The van der Waals surface area contributed by atoms with E-state index in [-0.39, 0.29) is 11.7 Å². The summed E-state index contributed by atoms with van der Waals surface area (Å²) in [6, 6.07) is 0.539. The van der Waals surface area contributed by atoms with Crippen molar-refractivity contribution in [3.63, 3.8) is 0 Å². The summed E-state index contributed by atoms with van der Waals surface area (Å²) in [6.07, 6.45) is 7.01. The number of hydrogen-bond acceptors (Lipinski definition) is 2. The van der Waals surface area contributed by atoms with Crippen molar-refractivity contribution in [1.29, 1.82) is 0 Å². The van der Waals surface area contributed by atoms with Gasteiger partial charge in [0.25, 0.3) is 0 Å². The van der Waals surface area contributed by atoms with Crippen LogP contribution in [0.15, 0.2) is 0 Å². The van der Waals surface area contributed by atoms with E-state index >= 15 is 0 Å². The molecule has 1 N–H and O–H groups in total. The Balaban J connectivity index is 2.40. The van der Waals surface area contributed by atoms with Gasteiger partial charge in [-0.2, -0.15) is 0 Å². The van der Waals surface area contributed by atoms with Gasteiger partial charge in [0.1, 0.15) is 0 Å². The normalized spacial score (nSPS) is 30.9. The second-order valence-corrected chi connectivity index (χ2v) is 3.09. The van der Waals surface area contributed by atoms with E-state index in [1.165, 1.54) is 0 Å². The quantitative estimate of drug-likeness (QED) is 0.438. The molecule has 2 unspecified atom stereocenters. The van der Waals surface area contributed by atoms with Crippen LogP contribution in [-0.4, -0.2) is 18.4 Å². The molecule has 1 fully saturated rings. The fourth-order valence-corrected chi connectivity index (χ4v) is 1.34. The van der Waals surface area contributed by atoms with Gasteiger partial charge in [-0.15, -0.1) is 6.42 Å². The maximum atomic E-state index is 11.0. The van der Waals surface area contributed by atoms with Crippen LogP contribution in [0.1, 0.15) is 19.8 Å². The first-order valence-electron chi connectivity index (χ1n) is 3.98. The predicted octanol–water partition coefficient (Wildman–Crippen LogP) is 0.577. The Morgan fingerprint density at radius 2 is 2.36 bits per heavy atom. The summed E-state index contributed by atoms with van der Waals surface area (Å²) < 4.78 is 0. The molecule has 60 valence electrons. The first-order chi connectivity index (χ1) is 5.24. The highest BCUT2D eigenvalue weighted by atomic mass is 16.1. The minimum atomic E-state index is -0.0515. The van der Waals surface area contributed by atoms with Gasteiger partial charge in [-0.3, -0.25) is 4.79 Å². The van der Waals surface area contributed by atoms with Crippen LogP contribution >= 0.6 is 0 Å². The van der Waals surface area contributed by atoms with Gasteiger partial charge < -0.3 is 5.32 Å². The van der Waals surface area contributed by atoms with Crippen LogP contribution < -0.4 is 5.32 Å².